The zero-order valence-electron chi connectivity index (χ0n) is 12.1. The van der Waals surface area contributed by atoms with Gasteiger partial charge in [0.25, 0.3) is 0 Å². The Hall–Kier alpha value is -1.30. The van der Waals surface area contributed by atoms with Crippen LogP contribution in [0.2, 0.25) is 0 Å². The van der Waals surface area contributed by atoms with Gasteiger partial charge < -0.3 is 21.7 Å². The number of hydrogen-bond donors (Lipinski definition) is 3. The molecule has 0 aromatic heterocycles. The number of piperidine rings is 1. The lowest BCUT2D eigenvalue weighted by molar-refractivity contribution is -0.136. The molecule has 0 aliphatic carbocycles. The van der Waals surface area contributed by atoms with Crippen molar-refractivity contribution in [1.29, 1.82) is 0 Å². The third-order valence-corrected chi connectivity index (χ3v) is 3.82. The summed E-state index contributed by atoms with van der Waals surface area (Å²) < 4.78 is 0. The van der Waals surface area contributed by atoms with Crippen LogP contribution in [0.15, 0.2) is 0 Å². The Kier molecular flexibility index (Phi) is 5.17. The van der Waals surface area contributed by atoms with Crippen LogP contribution in [-0.2, 0) is 4.79 Å². The summed E-state index contributed by atoms with van der Waals surface area (Å²) in [6.07, 6.45) is 2.20. The molecule has 0 aromatic carbocycles. The molecule has 0 aromatic rings. The predicted molar refractivity (Wildman–Crippen MR) is 74.4 cm³/mol. The first kappa shape index (κ1) is 15.8. The van der Waals surface area contributed by atoms with Crippen LogP contribution in [0.1, 0.15) is 40.0 Å². The van der Waals surface area contributed by atoms with Crippen molar-refractivity contribution in [2.24, 2.45) is 16.9 Å². The second-order valence-corrected chi connectivity index (χ2v) is 5.99. The van der Waals surface area contributed by atoms with Crippen molar-refractivity contribution in [2.75, 3.05) is 13.1 Å². The quantitative estimate of drug-likeness (QED) is 0.689. The molecule has 110 valence electrons. The summed E-state index contributed by atoms with van der Waals surface area (Å²) >= 11 is 0. The molecule has 19 heavy (non-hydrogen) atoms. The highest BCUT2D eigenvalue weighted by Gasteiger charge is 2.37. The second-order valence-electron chi connectivity index (χ2n) is 5.99. The number of rotatable bonds is 4. The van der Waals surface area contributed by atoms with Crippen LogP contribution < -0.4 is 16.8 Å². The Morgan fingerprint density at radius 3 is 2.58 bits per heavy atom. The molecule has 1 rings (SSSR count). The lowest BCUT2D eigenvalue weighted by Crippen LogP contribution is -2.58. The van der Waals surface area contributed by atoms with Crippen LogP contribution in [0.4, 0.5) is 4.79 Å². The molecule has 2 atom stereocenters. The van der Waals surface area contributed by atoms with Crippen LogP contribution in [0, 0.1) is 5.41 Å². The molecule has 1 unspecified atom stereocenters. The summed E-state index contributed by atoms with van der Waals surface area (Å²) in [7, 11) is 0. The molecule has 1 fully saturated rings. The van der Waals surface area contributed by atoms with Crippen molar-refractivity contribution in [3.8, 4) is 0 Å². The number of urea groups is 1. The van der Waals surface area contributed by atoms with E-state index in [1.54, 1.807) is 4.90 Å². The largest absolute Gasteiger partial charge is 0.352 e. The Bertz CT molecular complexity index is 344. The lowest BCUT2D eigenvalue weighted by Gasteiger charge is -2.43. The van der Waals surface area contributed by atoms with Crippen molar-refractivity contribution in [3.05, 3.63) is 0 Å². The minimum atomic E-state index is -0.653. The Morgan fingerprint density at radius 1 is 1.47 bits per heavy atom. The van der Waals surface area contributed by atoms with E-state index >= 15 is 0 Å². The smallest absolute Gasteiger partial charge is 0.312 e. The van der Waals surface area contributed by atoms with Gasteiger partial charge >= 0.3 is 6.03 Å². The zero-order valence-corrected chi connectivity index (χ0v) is 12.1. The molecule has 5 N–H and O–H groups in total. The van der Waals surface area contributed by atoms with Crippen molar-refractivity contribution < 1.29 is 9.59 Å². The van der Waals surface area contributed by atoms with Crippen molar-refractivity contribution in [3.63, 3.8) is 0 Å². The first-order chi connectivity index (χ1) is 8.77. The molecule has 1 aliphatic rings. The maximum atomic E-state index is 12.4. The summed E-state index contributed by atoms with van der Waals surface area (Å²) in [5.74, 6) is -0.0550. The number of nitrogens with one attached hydrogen (secondary N) is 1. The van der Waals surface area contributed by atoms with Crippen molar-refractivity contribution >= 4 is 11.9 Å². The topological polar surface area (TPSA) is 101 Å². The van der Waals surface area contributed by atoms with Gasteiger partial charge in [0.2, 0.25) is 5.91 Å². The van der Waals surface area contributed by atoms with E-state index in [2.05, 4.69) is 19.2 Å². The molecule has 3 amide bonds. The highest BCUT2D eigenvalue weighted by molar-refractivity contribution is 5.86. The fourth-order valence-electron chi connectivity index (χ4n) is 2.50. The van der Waals surface area contributed by atoms with Gasteiger partial charge in [-0.05, 0) is 18.3 Å². The van der Waals surface area contributed by atoms with Crippen molar-refractivity contribution in [2.45, 2.75) is 52.1 Å². The molecule has 1 heterocycles. The average molecular weight is 270 g/mol. The SMILES string of the molecule is CCC[C@@H](NC(N)=O)C(=O)N1CCC(N)C(C)(C)C1. The van der Waals surface area contributed by atoms with Crippen LogP contribution in [-0.4, -0.2) is 42.0 Å². The van der Waals surface area contributed by atoms with Crippen LogP contribution in [0.5, 0.6) is 0 Å². The first-order valence-electron chi connectivity index (χ1n) is 6.88. The van der Waals surface area contributed by atoms with Crippen LogP contribution >= 0.6 is 0 Å². The normalized spacial score (nSPS) is 23.8. The molecule has 6 nitrogen and oxygen atoms in total. The van der Waals surface area contributed by atoms with E-state index in [9.17, 15) is 9.59 Å². The minimum absolute atomic E-state index is 0.0550. The number of primary amides is 1. The standard InChI is InChI=1S/C13H26N4O2/c1-4-5-9(16-12(15)19)11(18)17-7-6-10(14)13(2,3)8-17/h9-10H,4-8,14H2,1-3H3,(H3,15,16,19)/t9-,10?/m1/s1. The number of carbonyl (C=O) groups excluding carboxylic acids is 2. The molecule has 0 bridgehead atoms. The van der Waals surface area contributed by atoms with E-state index < -0.39 is 12.1 Å². The van der Waals surface area contributed by atoms with Gasteiger partial charge in [-0.25, -0.2) is 4.79 Å². The number of nitrogens with zero attached hydrogens (tertiary/aromatic N) is 1. The van der Waals surface area contributed by atoms with E-state index in [1.165, 1.54) is 0 Å². The van der Waals surface area contributed by atoms with E-state index in [4.69, 9.17) is 11.5 Å². The van der Waals surface area contributed by atoms with E-state index in [-0.39, 0.29) is 17.4 Å². The van der Waals surface area contributed by atoms with Gasteiger partial charge in [-0.2, -0.15) is 0 Å². The van der Waals surface area contributed by atoms with E-state index in [1.807, 2.05) is 6.92 Å². The number of amides is 3. The van der Waals surface area contributed by atoms with Gasteiger partial charge in [0.05, 0.1) is 0 Å². The molecule has 1 aliphatic heterocycles. The van der Waals surface area contributed by atoms with Gasteiger partial charge in [-0.3, -0.25) is 4.79 Å². The number of carbonyl (C=O) groups is 2. The van der Waals surface area contributed by atoms with Crippen molar-refractivity contribution in [1.82, 2.24) is 10.2 Å². The molecule has 1 saturated heterocycles. The predicted octanol–water partition coefficient (Wildman–Crippen LogP) is 0.409. The third-order valence-electron chi connectivity index (χ3n) is 3.82. The van der Waals surface area contributed by atoms with Gasteiger partial charge in [0.15, 0.2) is 0 Å². The lowest BCUT2D eigenvalue weighted by atomic mass is 9.79. The fourth-order valence-corrected chi connectivity index (χ4v) is 2.50. The fraction of sp³-hybridized carbons (Fsp3) is 0.846. The van der Waals surface area contributed by atoms with E-state index in [0.717, 1.165) is 12.8 Å². The first-order valence-corrected chi connectivity index (χ1v) is 6.88. The monoisotopic (exact) mass is 270 g/mol. The van der Waals surface area contributed by atoms with Crippen LogP contribution in [0.3, 0.4) is 0 Å². The average Bonchev–Trinajstić information content (AvgIpc) is 2.30. The highest BCUT2D eigenvalue weighted by Crippen LogP contribution is 2.28. The zero-order chi connectivity index (χ0) is 14.6. The maximum absolute atomic E-state index is 12.4. The van der Waals surface area contributed by atoms with Crippen LogP contribution in [0.25, 0.3) is 0 Å². The number of nitrogens with two attached hydrogens (primary N) is 2. The van der Waals surface area contributed by atoms with Gasteiger partial charge in [-0.1, -0.05) is 27.2 Å². The van der Waals surface area contributed by atoms with Gasteiger partial charge in [0, 0.05) is 19.1 Å². The summed E-state index contributed by atoms with van der Waals surface area (Å²) in [6.45, 7) is 7.36. The molecular weight excluding hydrogens is 244 g/mol. The molecule has 0 radical (unpaired) electrons. The Labute approximate surface area is 114 Å². The molecule has 6 heteroatoms. The molecular formula is C13H26N4O2. The summed E-state index contributed by atoms with van der Waals surface area (Å²) in [5, 5.41) is 2.53. The van der Waals surface area contributed by atoms with Gasteiger partial charge in [0.1, 0.15) is 6.04 Å². The summed E-state index contributed by atoms with van der Waals surface area (Å²) in [4.78, 5) is 25.2. The van der Waals surface area contributed by atoms with E-state index in [0.29, 0.717) is 19.5 Å². The molecule has 0 saturated carbocycles. The van der Waals surface area contributed by atoms with Gasteiger partial charge in [-0.15, -0.1) is 0 Å². The Morgan fingerprint density at radius 2 is 2.11 bits per heavy atom. The second kappa shape index (κ2) is 6.23. The maximum Gasteiger partial charge on any atom is 0.312 e. The summed E-state index contributed by atoms with van der Waals surface area (Å²) in [5.41, 5.74) is 11.1. The highest BCUT2D eigenvalue weighted by atomic mass is 16.2. The summed E-state index contributed by atoms with van der Waals surface area (Å²) in [6, 6.07) is -1.07. The third kappa shape index (κ3) is 4.09. The number of hydrogen-bond acceptors (Lipinski definition) is 3. The number of likely N-dealkylation sites (tertiary alicyclic amines) is 1. The molecule has 0 spiro atoms. The Balaban J connectivity index is 2.71. The minimum Gasteiger partial charge on any atom is -0.352 e.